The Bertz CT molecular complexity index is 801. The summed E-state index contributed by atoms with van der Waals surface area (Å²) in [6.45, 7) is 0. The zero-order valence-corrected chi connectivity index (χ0v) is 15.5. The number of fused-ring (bicyclic) bond motifs is 2. The number of phenols is 2. The van der Waals surface area contributed by atoms with E-state index in [2.05, 4.69) is 0 Å². The third-order valence-electron chi connectivity index (χ3n) is 3.27. The number of benzene rings is 2. The Hall–Kier alpha value is -0.910. The van der Waals surface area contributed by atoms with Crippen molar-refractivity contribution in [1.29, 1.82) is 0 Å². The predicted octanol–water partition coefficient (Wildman–Crippen LogP) is 6.39. The molecular formula is C15H9Cl5O4. The van der Waals surface area contributed by atoms with E-state index < -0.39 is 19.6 Å². The van der Waals surface area contributed by atoms with E-state index in [0.29, 0.717) is 11.5 Å². The van der Waals surface area contributed by atoms with Crippen molar-refractivity contribution >= 4 is 58.0 Å². The normalized spacial score (nSPS) is 13.5. The molecule has 0 radical (unpaired) electrons. The highest BCUT2D eigenvalue weighted by Gasteiger charge is 2.43. The van der Waals surface area contributed by atoms with Crippen LogP contribution in [-0.4, -0.2) is 14.0 Å². The van der Waals surface area contributed by atoms with Crippen LogP contribution in [0.3, 0.4) is 0 Å². The van der Waals surface area contributed by atoms with Crippen molar-refractivity contribution in [1.82, 2.24) is 0 Å². The Kier molecular flexibility index (Phi) is 4.56. The van der Waals surface area contributed by atoms with Gasteiger partial charge < -0.3 is 19.7 Å². The minimum atomic E-state index is -1.87. The fourth-order valence-corrected chi connectivity index (χ4v) is 4.08. The van der Waals surface area contributed by atoms with Gasteiger partial charge in [-0.3, -0.25) is 0 Å². The molecule has 0 atom stereocenters. The molecule has 1 heterocycles. The molecule has 0 amide bonds. The summed E-state index contributed by atoms with van der Waals surface area (Å²) in [5, 5.41) is 20.2. The summed E-state index contributed by atoms with van der Waals surface area (Å²) in [7, 11) is 0. The van der Waals surface area contributed by atoms with Gasteiger partial charge in [0.25, 0.3) is 0 Å². The molecule has 2 aromatic rings. The minimum Gasteiger partial charge on any atom is -0.504 e. The van der Waals surface area contributed by atoms with E-state index in [1.165, 1.54) is 6.07 Å². The quantitative estimate of drug-likeness (QED) is 0.365. The number of halogens is 5. The van der Waals surface area contributed by atoms with Crippen molar-refractivity contribution in [2.75, 3.05) is 0 Å². The highest BCUT2D eigenvalue weighted by Crippen LogP contribution is 2.59. The van der Waals surface area contributed by atoms with Gasteiger partial charge in [-0.2, -0.15) is 0 Å². The molecule has 24 heavy (non-hydrogen) atoms. The van der Waals surface area contributed by atoms with Crippen LogP contribution in [0.15, 0.2) is 30.3 Å². The number of alkyl halides is 5. The first-order valence-electron chi connectivity index (χ1n) is 6.57. The summed E-state index contributed by atoms with van der Waals surface area (Å²) >= 11 is 29.9. The average molecular weight is 430 g/mol. The number of ether oxygens (including phenoxy) is 2. The molecule has 1 aliphatic rings. The van der Waals surface area contributed by atoms with Gasteiger partial charge in [0.1, 0.15) is 0 Å². The second kappa shape index (κ2) is 6.11. The Balaban J connectivity index is 2.16. The Morgan fingerprint density at radius 2 is 1.46 bits per heavy atom. The Labute approximate surface area is 162 Å². The summed E-state index contributed by atoms with van der Waals surface area (Å²) in [4.78, 5) is 0. The SMILES string of the molecule is Oc1cc2c(c(C(Cl)(Cl)CC(Cl)(Cl)Cl)c1O)Oc1ccccc1O2. The maximum atomic E-state index is 10.3. The summed E-state index contributed by atoms with van der Waals surface area (Å²) in [5.41, 5.74) is -0.151. The highest BCUT2D eigenvalue weighted by molar-refractivity contribution is 6.68. The van der Waals surface area contributed by atoms with Gasteiger partial charge in [-0.15, -0.1) is 0 Å². The Morgan fingerprint density at radius 1 is 0.875 bits per heavy atom. The molecule has 0 saturated heterocycles. The molecule has 0 unspecified atom stereocenters. The number of aromatic hydroxyl groups is 2. The molecule has 1 aliphatic heterocycles. The smallest absolute Gasteiger partial charge is 0.193 e. The van der Waals surface area contributed by atoms with E-state index in [4.69, 9.17) is 67.5 Å². The van der Waals surface area contributed by atoms with E-state index in [1.54, 1.807) is 24.3 Å². The number of phenolic OH excluding ortho intramolecular Hbond substituents is 2. The second-order valence-electron chi connectivity index (χ2n) is 5.09. The molecule has 0 fully saturated rings. The molecule has 2 aromatic carbocycles. The summed E-state index contributed by atoms with van der Waals surface area (Å²) in [6.07, 6.45) is -0.373. The summed E-state index contributed by atoms with van der Waals surface area (Å²) in [6, 6.07) is 8.01. The predicted molar refractivity (Wildman–Crippen MR) is 94.7 cm³/mol. The Morgan fingerprint density at radius 3 is 2.04 bits per heavy atom. The van der Waals surface area contributed by atoms with E-state index in [1.807, 2.05) is 0 Å². The number of hydrogen-bond donors (Lipinski definition) is 2. The number of para-hydroxylation sites is 2. The molecule has 0 spiro atoms. The first kappa shape index (κ1) is 17.9. The third kappa shape index (κ3) is 3.39. The van der Waals surface area contributed by atoms with Crippen molar-refractivity contribution < 1.29 is 19.7 Å². The van der Waals surface area contributed by atoms with Crippen molar-refractivity contribution in [2.24, 2.45) is 0 Å². The van der Waals surface area contributed by atoms with Crippen LogP contribution in [-0.2, 0) is 4.33 Å². The zero-order valence-electron chi connectivity index (χ0n) is 11.7. The van der Waals surface area contributed by atoms with E-state index in [9.17, 15) is 10.2 Å². The van der Waals surface area contributed by atoms with Crippen molar-refractivity contribution in [3.05, 3.63) is 35.9 Å². The monoisotopic (exact) mass is 428 g/mol. The van der Waals surface area contributed by atoms with Gasteiger partial charge in [-0.1, -0.05) is 70.1 Å². The second-order valence-corrected chi connectivity index (χ2v) is 9.09. The fraction of sp³-hybridized carbons (Fsp3) is 0.200. The van der Waals surface area contributed by atoms with Crippen LogP contribution in [0, 0.1) is 0 Å². The summed E-state index contributed by atoms with van der Waals surface area (Å²) in [5.74, 6) is -0.124. The lowest BCUT2D eigenvalue weighted by Crippen LogP contribution is -2.21. The molecule has 4 nitrogen and oxygen atoms in total. The van der Waals surface area contributed by atoms with Crippen molar-refractivity contribution in [3.8, 4) is 34.5 Å². The largest absolute Gasteiger partial charge is 0.504 e. The van der Waals surface area contributed by atoms with Crippen molar-refractivity contribution in [2.45, 2.75) is 14.5 Å². The lowest BCUT2D eigenvalue weighted by Gasteiger charge is -2.30. The zero-order chi connectivity index (χ0) is 17.7. The van der Waals surface area contributed by atoms with E-state index in [-0.39, 0.29) is 23.5 Å². The average Bonchev–Trinajstić information content (AvgIpc) is 2.43. The molecular weight excluding hydrogens is 421 g/mol. The van der Waals surface area contributed by atoms with Crippen LogP contribution in [0.5, 0.6) is 34.5 Å². The highest BCUT2D eigenvalue weighted by atomic mass is 35.6. The molecule has 0 aromatic heterocycles. The van der Waals surface area contributed by atoms with Crippen LogP contribution in [0.25, 0.3) is 0 Å². The van der Waals surface area contributed by atoms with Crippen molar-refractivity contribution in [3.63, 3.8) is 0 Å². The first-order valence-corrected chi connectivity index (χ1v) is 8.46. The molecule has 0 aliphatic carbocycles. The van der Waals surface area contributed by atoms with Gasteiger partial charge in [0, 0.05) is 12.5 Å². The van der Waals surface area contributed by atoms with Gasteiger partial charge in [0.15, 0.2) is 42.6 Å². The van der Waals surface area contributed by atoms with Gasteiger partial charge in [-0.05, 0) is 12.1 Å². The summed E-state index contributed by atoms with van der Waals surface area (Å²) < 4.78 is 7.75. The van der Waals surface area contributed by atoms with E-state index in [0.717, 1.165) is 0 Å². The van der Waals surface area contributed by atoms with Crippen LogP contribution in [0.2, 0.25) is 0 Å². The van der Waals surface area contributed by atoms with E-state index >= 15 is 0 Å². The van der Waals surface area contributed by atoms with Crippen LogP contribution in [0.4, 0.5) is 0 Å². The molecule has 2 N–H and O–H groups in total. The molecule has 0 bridgehead atoms. The van der Waals surface area contributed by atoms with Gasteiger partial charge in [-0.25, -0.2) is 0 Å². The van der Waals surface area contributed by atoms with Crippen LogP contribution >= 0.6 is 58.0 Å². The molecule has 0 saturated carbocycles. The fourth-order valence-electron chi connectivity index (χ4n) is 2.32. The molecule has 128 valence electrons. The van der Waals surface area contributed by atoms with Crippen LogP contribution < -0.4 is 9.47 Å². The van der Waals surface area contributed by atoms with Gasteiger partial charge in [0.2, 0.25) is 0 Å². The third-order valence-corrected chi connectivity index (χ3v) is 4.31. The lowest BCUT2D eigenvalue weighted by molar-refractivity contribution is 0.338. The minimum absolute atomic E-state index is 0.0308. The van der Waals surface area contributed by atoms with Crippen LogP contribution in [0.1, 0.15) is 12.0 Å². The molecule has 9 heteroatoms. The topological polar surface area (TPSA) is 58.9 Å². The first-order chi connectivity index (χ1) is 11.1. The molecule has 3 rings (SSSR count). The maximum absolute atomic E-state index is 10.3. The standard InChI is InChI=1S/C15H9Cl5O4/c16-14(17,6-15(18,19)20)11-12(22)7(21)5-10-13(11)24-9-4-2-1-3-8(9)23-10/h1-5,21-22H,6H2. The lowest BCUT2D eigenvalue weighted by atomic mass is 10.0. The maximum Gasteiger partial charge on any atom is 0.193 e. The number of hydrogen-bond acceptors (Lipinski definition) is 4. The number of rotatable bonds is 2. The van der Waals surface area contributed by atoms with Gasteiger partial charge >= 0.3 is 0 Å². The van der Waals surface area contributed by atoms with Gasteiger partial charge in [0.05, 0.1) is 5.56 Å².